The Hall–Kier alpha value is -2.87. The van der Waals surface area contributed by atoms with Crippen LogP contribution in [-0.2, 0) is 4.79 Å². The predicted molar refractivity (Wildman–Crippen MR) is 116 cm³/mol. The molecule has 0 radical (unpaired) electrons. The van der Waals surface area contributed by atoms with E-state index in [2.05, 4.69) is 29.6 Å². The summed E-state index contributed by atoms with van der Waals surface area (Å²) in [6.07, 6.45) is 1.70. The standard InChI is InChI=1S/C21H23N5O2S/c1-11(2)16-8-14(15-9-22-26(12(3)4)20(15)25-16)21(28)23-13-5-6-18-17(7-13)24-19(27)10-29-18/h5-9,11-12H,10H2,1-4H3,(H,23,28)(H,24,27). The highest BCUT2D eigenvalue weighted by Gasteiger charge is 2.20. The quantitative estimate of drug-likeness (QED) is 0.665. The van der Waals surface area contributed by atoms with Crippen molar-refractivity contribution in [1.82, 2.24) is 14.8 Å². The Bertz CT molecular complexity index is 1120. The molecule has 0 saturated heterocycles. The molecule has 1 aliphatic rings. The van der Waals surface area contributed by atoms with Gasteiger partial charge >= 0.3 is 0 Å². The number of nitrogens with one attached hydrogen (secondary N) is 2. The summed E-state index contributed by atoms with van der Waals surface area (Å²) < 4.78 is 1.84. The minimum absolute atomic E-state index is 0.0375. The van der Waals surface area contributed by atoms with Crippen molar-refractivity contribution in [3.63, 3.8) is 0 Å². The zero-order valence-electron chi connectivity index (χ0n) is 16.8. The minimum Gasteiger partial charge on any atom is -0.324 e. The lowest BCUT2D eigenvalue weighted by molar-refractivity contribution is -0.113. The van der Waals surface area contributed by atoms with Crippen molar-refractivity contribution in [3.8, 4) is 0 Å². The molecule has 1 aromatic carbocycles. The number of fused-ring (bicyclic) bond motifs is 2. The number of aromatic nitrogens is 3. The van der Waals surface area contributed by atoms with Gasteiger partial charge in [-0.2, -0.15) is 5.10 Å². The van der Waals surface area contributed by atoms with Crippen LogP contribution in [0, 0.1) is 0 Å². The molecular formula is C21H23N5O2S. The molecule has 8 heteroatoms. The van der Waals surface area contributed by atoms with Crippen molar-refractivity contribution in [2.45, 2.75) is 44.6 Å². The molecule has 2 aromatic heterocycles. The Balaban J connectivity index is 1.72. The van der Waals surface area contributed by atoms with Crippen LogP contribution in [0.15, 0.2) is 35.4 Å². The van der Waals surface area contributed by atoms with Crippen LogP contribution in [0.25, 0.3) is 11.0 Å². The van der Waals surface area contributed by atoms with Gasteiger partial charge in [-0.25, -0.2) is 9.67 Å². The SMILES string of the molecule is CC(C)c1cc(C(=O)Nc2ccc3c(c2)NC(=O)CS3)c2cnn(C(C)C)c2n1. The minimum atomic E-state index is -0.225. The third kappa shape index (κ3) is 3.72. The maximum Gasteiger partial charge on any atom is 0.256 e. The van der Waals surface area contributed by atoms with Crippen molar-refractivity contribution < 1.29 is 9.59 Å². The number of hydrogen-bond donors (Lipinski definition) is 2. The normalized spacial score (nSPS) is 13.7. The third-order valence-electron chi connectivity index (χ3n) is 4.78. The molecule has 0 unspecified atom stereocenters. The lowest BCUT2D eigenvalue weighted by atomic mass is 10.0. The van der Waals surface area contributed by atoms with Crippen molar-refractivity contribution in [3.05, 3.63) is 41.7 Å². The second-order valence-electron chi connectivity index (χ2n) is 7.67. The first-order valence-corrected chi connectivity index (χ1v) is 10.6. The molecule has 150 valence electrons. The number of pyridine rings is 1. The van der Waals surface area contributed by atoms with Crippen LogP contribution in [-0.4, -0.2) is 32.3 Å². The van der Waals surface area contributed by atoms with Crippen LogP contribution in [0.5, 0.6) is 0 Å². The summed E-state index contributed by atoms with van der Waals surface area (Å²) in [7, 11) is 0. The third-order valence-corrected chi connectivity index (χ3v) is 5.86. The van der Waals surface area contributed by atoms with Gasteiger partial charge in [0.2, 0.25) is 5.91 Å². The lowest BCUT2D eigenvalue weighted by Gasteiger charge is -2.17. The van der Waals surface area contributed by atoms with Gasteiger partial charge in [-0.1, -0.05) is 13.8 Å². The highest BCUT2D eigenvalue weighted by Crippen LogP contribution is 2.33. The Morgan fingerprint density at radius 3 is 2.76 bits per heavy atom. The van der Waals surface area contributed by atoms with Crippen LogP contribution in [0.3, 0.4) is 0 Å². The Kier molecular flexibility index (Phi) is 5.04. The van der Waals surface area contributed by atoms with Crippen LogP contribution >= 0.6 is 11.8 Å². The molecule has 0 fully saturated rings. The number of thioether (sulfide) groups is 1. The van der Waals surface area contributed by atoms with E-state index in [-0.39, 0.29) is 23.8 Å². The number of nitrogens with zero attached hydrogens (tertiary/aromatic N) is 3. The monoisotopic (exact) mass is 409 g/mol. The molecule has 2 amide bonds. The smallest absolute Gasteiger partial charge is 0.256 e. The number of rotatable bonds is 4. The summed E-state index contributed by atoms with van der Waals surface area (Å²) >= 11 is 1.49. The van der Waals surface area contributed by atoms with E-state index in [1.807, 2.05) is 36.7 Å². The predicted octanol–water partition coefficient (Wildman–Crippen LogP) is 4.43. The van der Waals surface area contributed by atoms with E-state index >= 15 is 0 Å². The number of anilines is 2. The first kappa shape index (κ1) is 19.4. The average molecular weight is 410 g/mol. The van der Waals surface area contributed by atoms with E-state index in [1.54, 1.807) is 12.3 Å². The van der Waals surface area contributed by atoms with E-state index in [0.29, 0.717) is 22.7 Å². The van der Waals surface area contributed by atoms with Gasteiger partial charge in [0.1, 0.15) is 0 Å². The second-order valence-corrected chi connectivity index (χ2v) is 8.69. The van der Waals surface area contributed by atoms with Crippen LogP contribution in [0.1, 0.15) is 55.7 Å². The molecule has 0 aliphatic carbocycles. The fourth-order valence-corrected chi connectivity index (χ4v) is 4.05. The molecule has 2 N–H and O–H groups in total. The van der Waals surface area contributed by atoms with E-state index in [4.69, 9.17) is 4.98 Å². The molecule has 3 aromatic rings. The fraction of sp³-hybridized carbons (Fsp3) is 0.333. The molecule has 0 saturated carbocycles. The molecular weight excluding hydrogens is 386 g/mol. The van der Waals surface area contributed by atoms with Crippen molar-refractivity contribution in [1.29, 1.82) is 0 Å². The molecule has 0 bridgehead atoms. The van der Waals surface area contributed by atoms with Gasteiger partial charge in [0.25, 0.3) is 5.91 Å². The molecule has 4 rings (SSSR count). The Morgan fingerprint density at radius 2 is 2.03 bits per heavy atom. The summed E-state index contributed by atoms with van der Waals surface area (Å²) in [6.45, 7) is 8.18. The number of hydrogen-bond acceptors (Lipinski definition) is 5. The summed E-state index contributed by atoms with van der Waals surface area (Å²) in [6, 6.07) is 7.52. The molecule has 0 atom stereocenters. The molecule has 29 heavy (non-hydrogen) atoms. The van der Waals surface area contributed by atoms with Gasteiger partial charge in [-0.15, -0.1) is 11.8 Å². The van der Waals surface area contributed by atoms with Crippen LogP contribution in [0.4, 0.5) is 11.4 Å². The fourth-order valence-electron chi connectivity index (χ4n) is 3.26. The maximum atomic E-state index is 13.1. The van der Waals surface area contributed by atoms with Gasteiger partial charge in [-0.3, -0.25) is 9.59 Å². The highest BCUT2D eigenvalue weighted by molar-refractivity contribution is 8.00. The maximum absolute atomic E-state index is 13.1. The van der Waals surface area contributed by atoms with Gasteiger partial charge in [0.15, 0.2) is 5.65 Å². The van der Waals surface area contributed by atoms with Gasteiger partial charge in [0, 0.05) is 22.3 Å². The summed E-state index contributed by atoms with van der Waals surface area (Å²) in [4.78, 5) is 30.5. The van der Waals surface area contributed by atoms with Crippen molar-refractivity contribution in [2.75, 3.05) is 16.4 Å². The lowest BCUT2D eigenvalue weighted by Crippen LogP contribution is -2.19. The Morgan fingerprint density at radius 1 is 1.24 bits per heavy atom. The van der Waals surface area contributed by atoms with Crippen molar-refractivity contribution >= 4 is 46.0 Å². The Labute approximate surface area is 173 Å². The zero-order valence-corrected chi connectivity index (χ0v) is 17.6. The number of carbonyl (C=O) groups excluding carboxylic acids is 2. The van der Waals surface area contributed by atoms with Crippen molar-refractivity contribution in [2.24, 2.45) is 0 Å². The zero-order chi connectivity index (χ0) is 20.7. The topological polar surface area (TPSA) is 88.9 Å². The van der Waals surface area contributed by atoms with E-state index in [0.717, 1.165) is 21.7 Å². The second kappa shape index (κ2) is 7.51. The van der Waals surface area contributed by atoms with Crippen LogP contribution < -0.4 is 10.6 Å². The molecule has 3 heterocycles. The summed E-state index contributed by atoms with van der Waals surface area (Å²) in [5.74, 6) is 0.324. The van der Waals surface area contributed by atoms with E-state index in [1.165, 1.54) is 11.8 Å². The van der Waals surface area contributed by atoms with Gasteiger partial charge in [-0.05, 0) is 44.0 Å². The summed E-state index contributed by atoms with van der Waals surface area (Å²) in [5.41, 5.74) is 3.45. The first-order valence-electron chi connectivity index (χ1n) is 9.59. The highest BCUT2D eigenvalue weighted by atomic mass is 32.2. The summed E-state index contributed by atoms with van der Waals surface area (Å²) in [5, 5.41) is 11.0. The number of carbonyl (C=O) groups is 2. The average Bonchev–Trinajstić information content (AvgIpc) is 3.11. The first-order chi connectivity index (χ1) is 13.8. The molecule has 1 aliphatic heterocycles. The van der Waals surface area contributed by atoms with Gasteiger partial charge < -0.3 is 10.6 Å². The largest absolute Gasteiger partial charge is 0.324 e. The van der Waals surface area contributed by atoms with E-state index in [9.17, 15) is 9.59 Å². The van der Waals surface area contributed by atoms with Crippen LogP contribution in [0.2, 0.25) is 0 Å². The molecule has 0 spiro atoms. The van der Waals surface area contributed by atoms with Gasteiger partial charge in [0.05, 0.1) is 28.6 Å². The van der Waals surface area contributed by atoms with E-state index < -0.39 is 0 Å². The molecule has 7 nitrogen and oxygen atoms in total. The number of amides is 2. The number of benzene rings is 1.